The summed E-state index contributed by atoms with van der Waals surface area (Å²) in [6.07, 6.45) is -1.64. The van der Waals surface area contributed by atoms with Crippen LogP contribution in [0.5, 0.6) is 0 Å². The van der Waals surface area contributed by atoms with Gasteiger partial charge in [-0.25, -0.2) is 0 Å². The molecular formula is C31H32F3N3O. The molecule has 198 valence electrons. The molecule has 2 heterocycles. The fourth-order valence-electron chi connectivity index (χ4n) is 5.46. The lowest BCUT2D eigenvalue weighted by molar-refractivity contribution is -0.137. The second-order valence-corrected chi connectivity index (χ2v) is 9.96. The molecule has 0 saturated carbocycles. The Balaban J connectivity index is 1.39. The lowest BCUT2D eigenvalue weighted by Crippen LogP contribution is -2.48. The number of fused-ring (bicyclic) bond motifs is 1. The first-order valence-electron chi connectivity index (χ1n) is 13.1. The second-order valence-electron chi connectivity index (χ2n) is 9.96. The number of piperazine rings is 1. The SMILES string of the molecule is CCc1cccc2c([C@@H](CC(=O)N3CCN(Cc4ccccc4)CC3)c3cccc(C(F)(F)F)c3)c[nH]c12. The van der Waals surface area contributed by atoms with Crippen LogP contribution in [0, 0.1) is 0 Å². The van der Waals surface area contributed by atoms with Crippen LogP contribution in [-0.2, 0) is 23.9 Å². The van der Waals surface area contributed by atoms with Gasteiger partial charge in [-0.1, -0.05) is 73.7 Å². The van der Waals surface area contributed by atoms with Crippen molar-refractivity contribution in [3.05, 3.63) is 107 Å². The fourth-order valence-corrected chi connectivity index (χ4v) is 5.46. The minimum atomic E-state index is -4.45. The first kappa shape index (κ1) is 26.0. The van der Waals surface area contributed by atoms with E-state index in [1.165, 1.54) is 17.7 Å². The number of aromatic nitrogens is 1. The minimum Gasteiger partial charge on any atom is -0.361 e. The van der Waals surface area contributed by atoms with E-state index in [1.54, 1.807) is 6.07 Å². The van der Waals surface area contributed by atoms with Gasteiger partial charge in [-0.15, -0.1) is 0 Å². The number of benzene rings is 3. The van der Waals surface area contributed by atoms with E-state index in [2.05, 4.69) is 28.9 Å². The number of nitrogens with one attached hydrogen (secondary N) is 1. The number of rotatable bonds is 7. The molecule has 0 spiro atoms. The fraction of sp³-hybridized carbons (Fsp3) is 0.323. The first-order chi connectivity index (χ1) is 18.3. The molecule has 5 rings (SSSR count). The van der Waals surface area contributed by atoms with Crippen molar-refractivity contribution in [3.8, 4) is 0 Å². The largest absolute Gasteiger partial charge is 0.416 e. The Kier molecular flexibility index (Phi) is 7.56. The Morgan fingerprint density at radius 1 is 0.947 bits per heavy atom. The van der Waals surface area contributed by atoms with Crippen molar-refractivity contribution in [1.82, 2.24) is 14.8 Å². The summed E-state index contributed by atoms with van der Waals surface area (Å²) < 4.78 is 40.8. The third kappa shape index (κ3) is 5.63. The molecule has 1 N–H and O–H groups in total. The third-order valence-electron chi connectivity index (χ3n) is 7.56. The monoisotopic (exact) mass is 519 g/mol. The smallest absolute Gasteiger partial charge is 0.361 e. The molecule has 4 aromatic rings. The molecule has 4 nitrogen and oxygen atoms in total. The summed E-state index contributed by atoms with van der Waals surface area (Å²) >= 11 is 0. The van der Waals surface area contributed by atoms with E-state index in [0.717, 1.165) is 54.2 Å². The average molecular weight is 520 g/mol. The zero-order valence-electron chi connectivity index (χ0n) is 21.5. The van der Waals surface area contributed by atoms with Crippen LogP contribution in [-0.4, -0.2) is 46.9 Å². The Morgan fingerprint density at radius 3 is 2.39 bits per heavy atom. The van der Waals surface area contributed by atoms with E-state index >= 15 is 0 Å². The Morgan fingerprint density at radius 2 is 1.68 bits per heavy atom. The number of alkyl halides is 3. The quantitative estimate of drug-likeness (QED) is 0.298. The lowest BCUT2D eigenvalue weighted by Gasteiger charge is -2.35. The maximum absolute atomic E-state index is 13.6. The predicted octanol–water partition coefficient (Wildman–Crippen LogP) is 6.62. The lowest BCUT2D eigenvalue weighted by atomic mass is 9.86. The van der Waals surface area contributed by atoms with Gasteiger partial charge in [0.1, 0.15) is 0 Å². The highest BCUT2D eigenvalue weighted by Gasteiger charge is 2.32. The number of nitrogens with zero attached hydrogens (tertiary/aromatic N) is 2. The zero-order valence-corrected chi connectivity index (χ0v) is 21.5. The van der Waals surface area contributed by atoms with Crippen LogP contribution < -0.4 is 0 Å². The molecule has 0 unspecified atom stereocenters. The van der Waals surface area contributed by atoms with Gasteiger partial charge in [-0.3, -0.25) is 9.69 Å². The summed E-state index contributed by atoms with van der Waals surface area (Å²) in [7, 11) is 0. The summed E-state index contributed by atoms with van der Waals surface area (Å²) in [6.45, 7) is 5.65. The third-order valence-corrected chi connectivity index (χ3v) is 7.56. The molecule has 0 bridgehead atoms. The number of aromatic amines is 1. The number of halogens is 3. The number of carbonyl (C=O) groups is 1. The van der Waals surface area contributed by atoms with Crippen molar-refractivity contribution >= 4 is 16.8 Å². The van der Waals surface area contributed by atoms with Gasteiger partial charge in [-0.05, 0) is 34.7 Å². The van der Waals surface area contributed by atoms with E-state index in [9.17, 15) is 18.0 Å². The number of hydrogen-bond acceptors (Lipinski definition) is 2. The van der Waals surface area contributed by atoms with Crippen LogP contribution in [0.2, 0.25) is 0 Å². The number of aryl methyl sites for hydroxylation is 1. The minimum absolute atomic E-state index is 0.0345. The van der Waals surface area contributed by atoms with Crippen LogP contribution >= 0.6 is 0 Å². The van der Waals surface area contributed by atoms with Gasteiger partial charge in [0.2, 0.25) is 5.91 Å². The van der Waals surface area contributed by atoms with E-state index in [1.807, 2.05) is 47.5 Å². The summed E-state index contributed by atoms with van der Waals surface area (Å²) in [5, 5.41) is 0.951. The molecule has 1 fully saturated rings. The standard InChI is InChI=1S/C31H32F3N3O/c1-2-23-10-7-13-26-28(20-35-30(23)26)27(24-11-6-12-25(18-24)31(32,33)34)19-29(38)37-16-14-36(15-17-37)21-22-8-4-3-5-9-22/h3-13,18,20,27,35H,2,14-17,19,21H2,1H3/t27-/m0/s1. The normalized spacial score (nSPS) is 15.6. The van der Waals surface area contributed by atoms with E-state index < -0.39 is 17.7 Å². The highest BCUT2D eigenvalue weighted by atomic mass is 19.4. The molecule has 1 amide bonds. The van der Waals surface area contributed by atoms with Crippen molar-refractivity contribution in [1.29, 1.82) is 0 Å². The van der Waals surface area contributed by atoms with Crippen molar-refractivity contribution < 1.29 is 18.0 Å². The average Bonchev–Trinajstić information content (AvgIpc) is 3.36. The number of hydrogen-bond donors (Lipinski definition) is 1. The van der Waals surface area contributed by atoms with Crippen LogP contribution in [0.15, 0.2) is 79.0 Å². The van der Waals surface area contributed by atoms with Gasteiger partial charge in [0.25, 0.3) is 0 Å². The van der Waals surface area contributed by atoms with E-state index in [4.69, 9.17) is 0 Å². The summed E-state index contributed by atoms with van der Waals surface area (Å²) in [4.78, 5) is 21.1. The summed E-state index contributed by atoms with van der Waals surface area (Å²) in [5.74, 6) is -0.527. The molecule has 1 saturated heterocycles. The Hall–Kier alpha value is -3.58. The van der Waals surface area contributed by atoms with E-state index in [-0.39, 0.29) is 12.3 Å². The molecule has 1 aromatic heterocycles. The topological polar surface area (TPSA) is 39.3 Å². The molecule has 1 atom stereocenters. The first-order valence-corrected chi connectivity index (χ1v) is 13.1. The van der Waals surface area contributed by atoms with Gasteiger partial charge >= 0.3 is 6.18 Å². The number of carbonyl (C=O) groups excluding carboxylic acids is 1. The van der Waals surface area contributed by atoms with Crippen LogP contribution in [0.1, 0.15) is 47.1 Å². The number of para-hydroxylation sites is 1. The number of H-pyrrole nitrogens is 1. The van der Waals surface area contributed by atoms with Crippen molar-refractivity contribution in [2.75, 3.05) is 26.2 Å². The van der Waals surface area contributed by atoms with Crippen molar-refractivity contribution in [3.63, 3.8) is 0 Å². The Bertz CT molecular complexity index is 1390. The molecule has 0 radical (unpaired) electrons. The molecule has 7 heteroatoms. The van der Waals surface area contributed by atoms with Gasteiger partial charge in [0, 0.05) is 62.2 Å². The molecule has 1 aliphatic rings. The highest BCUT2D eigenvalue weighted by molar-refractivity contribution is 5.88. The molecular weight excluding hydrogens is 487 g/mol. The van der Waals surface area contributed by atoms with Gasteiger partial charge < -0.3 is 9.88 Å². The predicted molar refractivity (Wildman–Crippen MR) is 144 cm³/mol. The van der Waals surface area contributed by atoms with Crippen molar-refractivity contribution in [2.24, 2.45) is 0 Å². The van der Waals surface area contributed by atoms with Crippen molar-refractivity contribution in [2.45, 2.75) is 38.4 Å². The summed E-state index contributed by atoms with van der Waals surface area (Å²) in [5.41, 5.74) is 4.00. The molecule has 1 aliphatic heterocycles. The van der Waals surface area contributed by atoms with Crippen LogP contribution in [0.25, 0.3) is 10.9 Å². The molecule has 3 aromatic carbocycles. The van der Waals surface area contributed by atoms with Crippen LogP contribution in [0.3, 0.4) is 0 Å². The zero-order chi connectivity index (χ0) is 26.7. The Labute approximate surface area is 221 Å². The van der Waals surface area contributed by atoms with Gasteiger partial charge in [0.05, 0.1) is 5.56 Å². The molecule has 0 aliphatic carbocycles. The maximum Gasteiger partial charge on any atom is 0.416 e. The van der Waals surface area contributed by atoms with E-state index in [0.29, 0.717) is 18.7 Å². The maximum atomic E-state index is 13.6. The van der Waals surface area contributed by atoms with Gasteiger partial charge in [0.15, 0.2) is 0 Å². The van der Waals surface area contributed by atoms with Crippen LogP contribution in [0.4, 0.5) is 13.2 Å². The summed E-state index contributed by atoms with van der Waals surface area (Å²) in [6, 6.07) is 21.6. The molecule has 38 heavy (non-hydrogen) atoms. The second kappa shape index (κ2) is 11.0. The highest BCUT2D eigenvalue weighted by Crippen LogP contribution is 2.38. The van der Waals surface area contributed by atoms with Gasteiger partial charge in [-0.2, -0.15) is 13.2 Å². The number of amides is 1.